The Morgan fingerprint density at radius 1 is 1.19 bits per heavy atom. The first-order chi connectivity index (χ1) is 10.1. The molecule has 1 aromatic carbocycles. The predicted molar refractivity (Wildman–Crippen MR) is 80.4 cm³/mol. The Morgan fingerprint density at radius 2 is 1.86 bits per heavy atom. The number of thiazole rings is 1. The zero-order chi connectivity index (χ0) is 14.8. The number of rotatable bonds is 4. The lowest BCUT2D eigenvalue weighted by atomic mass is 10.0. The van der Waals surface area contributed by atoms with Gasteiger partial charge in [-0.15, -0.1) is 11.3 Å². The SMILES string of the molecule is FC(F)Oc1ccc(-c2nc(Cl)sc2C2CCCC2)cc1. The monoisotopic (exact) mass is 329 g/mol. The van der Waals surface area contributed by atoms with Crippen LogP contribution in [0.2, 0.25) is 4.47 Å². The van der Waals surface area contributed by atoms with Crippen LogP contribution in [-0.2, 0) is 0 Å². The maximum absolute atomic E-state index is 12.2. The largest absolute Gasteiger partial charge is 0.435 e. The molecule has 0 bridgehead atoms. The summed E-state index contributed by atoms with van der Waals surface area (Å²) in [5.74, 6) is 0.666. The van der Waals surface area contributed by atoms with Crippen LogP contribution in [0.25, 0.3) is 11.3 Å². The van der Waals surface area contributed by atoms with E-state index in [1.165, 1.54) is 41.2 Å². The molecule has 0 atom stereocenters. The van der Waals surface area contributed by atoms with Crippen LogP contribution in [-0.4, -0.2) is 11.6 Å². The Balaban J connectivity index is 1.89. The summed E-state index contributed by atoms with van der Waals surface area (Å²) in [5.41, 5.74) is 1.77. The van der Waals surface area contributed by atoms with E-state index in [0.29, 0.717) is 10.4 Å². The minimum absolute atomic E-state index is 0.150. The van der Waals surface area contributed by atoms with Crippen LogP contribution < -0.4 is 4.74 Å². The van der Waals surface area contributed by atoms with Crippen LogP contribution >= 0.6 is 22.9 Å². The third-order valence-corrected chi connectivity index (χ3v) is 5.03. The second-order valence-corrected chi connectivity index (χ2v) is 6.68. The van der Waals surface area contributed by atoms with Gasteiger partial charge in [-0.3, -0.25) is 0 Å². The van der Waals surface area contributed by atoms with Gasteiger partial charge >= 0.3 is 6.61 Å². The number of aromatic nitrogens is 1. The van der Waals surface area contributed by atoms with Crippen molar-refractivity contribution in [3.05, 3.63) is 33.6 Å². The predicted octanol–water partition coefficient (Wildman–Crippen LogP) is 5.72. The van der Waals surface area contributed by atoms with E-state index < -0.39 is 6.61 Å². The number of hydrogen-bond acceptors (Lipinski definition) is 3. The Hall–Kier alpha value is -1.20. The molecule has 6 heteroatoms. The first kappa shape index (κ1) is 14.7. The van der Waals surface area contributed by atoms with E-state index in [0.717, 1.165) is 24.1 Å². The number of alkyl halides is 2. The average Bonchev–Trinajstić information content (AvgIpc) is 3.07. The van der Waals surface area contributed by atoms with Crippen LogP contribution in [0, 0.1) is 0 Å². The molecule has 1 aromatic heterocycles. The van der Waals surface area contributed by atoms with Crippen LogP contribution in [0.15, 0.2) is 24.3 Å². The van der Waals surface area contributed by atoms with E-state index in [1.54, 1.807) is 12.1 Å². The molecule has 0 amide bonds. The van der Waals surface area contributed by atoms with Crippen molar-refractivity contribution in [3.8, 4) is 17.0 Å². The highest BCUT2D eigenvalue weighted by molar-refractivity contribution is 7.16. The zero-order valence-electron chi connectivity index (χ0n) is 11.2. The van der Waals surface area contributed by atoms with Crippen LogP contribution in [0.4, 0.5) is 8.78 Å². The molecular formula is C15H14ClF2NOS. The van der Waals surface area contributed by atoms with Crippen molar-refractivity contribution < 1.29 is 13.5 Å². The van der Waals surface area contributed by atoms with Gasteiger partial charge in [-0.25, -0.2) is 4.98 Å². The summed E-state index contributed by atoms with van der Waals surface area (Å²) in [7, 11) is 0. The van der Waals surface area contributed by atoms with Gasteiger partial charge in [-0.05, 0) is 43.0 Å². The summed E-state index contributed by atoms with van der Waals surface area (Å²) in [6, 6.07) is 6.57. The van der Waals surface area contributed by atoms with Gasteiger partial charge in [0.1, 0.15) is 5.75 Å². The van der Waals surface area contributed by atoms with E-state index in [-0.39, 0.29) is 5.75 Å². The summed E-state index contributed by atoms with van der Waals surface area (Å²) in [6.07, 6.45) is 4.80. The molecule has 0 aliphatic heterocycles. The van der Waals surface area contributed by atoms with Crippen molar-refractivity contribution in [2.45, 2.75) is 38.2 Å². The van der Waals surface area contributed by atoms with Gasteiger partial charge in [-0.2, -0.15) is 8.78 Å². The molecule has 2 aromatic rings. The molecule has 0 unspecified atom stereocenters. The van der Waals surface area contributed by atoms with Gasteiger partial charge in [0.25, 0.3) is 0 Å². The van der Waals surface area contributed by atoms with Crippen molar-refractivity contribution in [2.24, 2.45) is 0 Å². The van der Waals surface area contributed by atoms with Gasteiger partial charge in [0, 0.05) is 10.4 Å². The van der Waals surface area contributed by atoms with Gasteiger partial charge in [-0.1, -0.05) is 24.4 Å². The van der Waals surface area contributed by atoms with Crippen LogP contribution in [0.3, 0.4) is 0 Å². The fourth-order valence-corrected chi connectivity index (χ4v) is 4.09. The number of halogens is 3. The summed E-state index contributed by atoms with van der Waals surface area (Å²) in [6.45, 7) is -2.81. The van der Waals surface area contributed by atoms with Gasteiger partial charge in [0.05, 0.1) is 5.69 Å². The minimum atomic E-state index is -2.81. The van der Waals surface area contributed by atoms with Gasteiger partial charge in [0.15, 0.2) is 4.47 Å². The lowest BCUT2D eigenvalue weighted by Crippen LogP contribution is -2.01. The zero-order valence-corrected chi connectivity index (χ0v) is 12.8. The summed E-state index contributed by atoms with van der Waals surface area (Å²) >= 11 is 7.60. The lowest BCUT2D eigenvalue weighted by Gasteiger charge is -2.09. The van der Waals surface area contributed by atoms with E-state index >= 15 is 0 Å². The van der Waals surface area contributed by atoms with Crippen LogP contribution in [0.1, 0.15) is 36.5 Å². The Morgan fingerprint density at radius 3 is 2.48 bits per heavy atom. The lowest BCUT2D eigenvalue weighted by molar-refractivity contribution is -0.0498. The fourth-order valence-electron chi connectivity index (χ4n) is 2.77. The molecular weight excluding hydrogens is 316 g/mol. The van der Waals surface area contributed by atoms with Gasteiger partial charge < -0.3 is 4.74 Å². The molecule has 0 radical (unpaired) electrons. The molecule has 1 heterocycles. The van der Waals surface area contributed by atoms with Crippen molar-refractivity contribution in [1.82, 2.24) is 4.98 Å². The molecule has 1 aliphatic rings. The summed E-state index contributed by atoms with van der Waals surface area (Å²) < 4.78 is 29.2. The molecule has 1 aliphatic carbocycles. The quantitative estimate of drug-likeness (QED) is 0.715. The Bertz CT molecular complexity index is 609. The normalized spacial score (nSPS) is 15.8. The molecule has 1 saturated carbocycles. The van der Waals surface area contributed by atoms with Crippen molar-refractivity contribution >= 4 is 22.9 Å². The second kappa shape index (κ2) is 6.28. The molecule has 1 fully saturated rings. The average molecular weight is 330 g/mol. The highest BCUT2D eigenvalue weighted by Crippen LogP contribution is 2.43. The number of nitrogens with zero attached hydrogens (tertiary/aromatic N) is 1. The molecule has 0 N–H and O–H groups in total. The minimum Gasteiger partial charge on any atom is -0.435 e. The highest BCUT2D eigenvalue weighted by atomic mass is 35.5. The van der Waals surface area contributed by atoms with Crippen molar-refractivity contribution in [1.29, 1.82) is 0 Å². The smallest absolute Gasteiger partial charge is 0.387 e. The van der Waals surface area contributed by atoms with E-state index in [4.69, 9.17) is 11.6 Å². The molecule has 0 spiro atoms. The highest BCUT2D eigenvalue weighted by Gasteiger charge is 2.24. The molecule has 0 saturated heterocycles. The standard InChI is InChI=1S/C15H14ClF2NOS/c16-14-19-12(13(21-14)10-3-1-2-4-10)9-5-7-11(8-6-9)20-15(17)18/h5-8,10,15H,1-4H2. The first-order valence-corrected chi connectivity index (χ1v) is 8.04. The van der Waals surface area contributed by atoms with E-state index in [2.05, 4.69) is 9.72 Å². The topological polar surface area (TPSA) is 22.1 Å². The second-order valence-electron chi connectivity index (χ2n) is 5.06. The molecule has 21 heavy (non-hydrogen) atoms. The number of ether oxygens (including phenoxy) is 1. The molecule has 3 rings (SSSR count). The van der Waals surface area contributed by atoms with E-state index in [9.17, 15) is 8.78 Å². The van der Waals surface area contributed by atoms with Crippen molar-refractivity contribution in [3.63, 3.8) is 0 Å². The van der Waals surface area contributed by atoms with E-state index in [1.807, 2.05) is 0 Å². The van der Waals surface area contributed by atoms with Gasteiger partial charge in [0.2, 0.25) is 0 Å². The van der Waals surface area contributed by atoms with Crippen molar-refractivity contribution in [2.75, 3.05) is 0 Å². The van der Waals surface area contributed by atoms with Crippen LogP contribution in [0.5, 0.6) is 5.75 Å². The molecule has 2 nitrogen and oxygen atoms in total. The summed E-state index contributed by atoms with van der Waals surface area (Å²) in [5, 5.41) is 0. The number of benzene rings is 1. The fraction of sp³-hybridized carbons (Fsp3) is 0.400. The molecule has 112 valence electrons. The maximum Gasteiger partial charge on any atom is 0.387 e. The Kier molecular flexibility index (Phi) is 4.40. The third kappa shape index (κ3) is 3.35. The number of hydrogen-bond donors (Lipinski definition) is 0. The first-order valence-electron chi connectivity index (χ1n) is 6.85. The summed E-state index contributed by atoms with van der Waals surface area (Å²) in [4.78, 5) is 5.62. The maximum atomic E-state index is 12.2. The Labute approximate surface area is 130 Å². The third-order valence-electron chi connectivity index (χ3n) is 3.71.